The third-order valence-electron chi connectivity index (χ3n) is 2.08. The second kappa shape index (κ2) is 7.09. The van der Waals surface area contributed by atoms with Gasteiger partial charge in [-0.1, -0.05) is 0 Å². The average molecular weight is 260 g/mol. The second-order valence-electron chi connectivity index (χ2n) is 3.36. The maximum atomic E-state index is 10.5. The molecule has 0 bridgehead atoms. The molecule has 0 heterocycles. The molecule has 1 rings (SSSR count). The third-order valence-corrected chi connectivity index (χ3v) is 2.23. The van der Waals surface area contributed by atoms with Crippen LogP contribution in [-0.4, -0.2) is 30.6 Å². The smallest absolute Gasteiger partial charge is 0.269 e. The topological polar surface area (TPSA) is 61.6 Å². The van der Waals surface area contributed by atoms with E-state index in [-0.39, 0.29) is 5.69 Å². The number of aryl methyl sites for hydroxylation is 1. The highest BCUT2D eigenvalue weighted by atomic mass is 35.5. The Hall–Kier alpha value is -1.33. The number of ether oxygens (including phenoxy) is 2. The van der Waals surface area contributed by atoms with Crippen molar-refractivity contribution in [3.8, 4) is 5.75 Å². The molecule has 0 fully saturated rings. The predicted octanol–water partition coefficient (Wildman–Crippen LogP) is 2.54. The first kappa shape index (κ1) is 13.7. The predicted molar refractivity (Wildman–Crippen MR) is 64.9 cm³/mol. The molecule has 0 aromatic heterocycles. The molecule has 94 valence electrons. The van der Waals surface area contributed by atoms with Crippen molar-refractivity contribution in [2.45, 2.75) is 6.92 Å². The zero-order chi connectivity index (χ0) is 12.7. The van der Waals surface area contributed by atoms with Gasteiger partial charge in [-0.2, -0.15) is 0 Å². The van der Waals surface area contributed by atoms with Gasteiger partial charge in [0, 0.05) is 18.0 Å². The van der Waals surface area contributed by atoms with Gasteiger partial charge in [0.25, 0.3) is 5.69 Å². The summed E-state index contributed by atoms with van der Waals surface area (Å²) in [5, 5.41) is 10.5. The standard InChI is InChI=1S/C11H14ClNO4/c1-9-8-10(13(14)15)2-3-11(9)17-7-6-16-5-4-12/h2-3,8H,4-7H2,1H3. The van der Waals surface area contributed by atoms with Crippen LogP contribution in [0.5, 0.6) is 5.75 Å². The van der Waals surface area contributed by atoms with E-state index in [0.717, 1.165) is 5.56 Å². The molecular weight excluding hydrogens is 246 g/mol. The van der Waals surface area contributed by atoms with Crippen LogP contribution in [0.15, 0.2) is 18.2 Å². The molecule has 0 spiro atoms. The lowest BCUT2D eigenvalue weighted by Gasteiger charge is -2.08. The summed E-state index contributed by atoms with van der Waals surface area (Å²) < 4.78 is 10.6. The van der Waals surface area contributed by atoms with Gasteiger partial charge in [0.2, 0.25) is 0 Å². The van der Waals surface area contributed by atoms with Crippen molar-refractivity contribution in [1.82, 2.24) is 0 Å². The third kappa shape index (κ3) is 4.58. The molecular formula is C11H14ClNO4. The Labute approximate surface area is 104 Å². The Morgan fingerprint density at radius 2 is 2.12 bits per heavy atom. The molecule has 0 amide bonds. The minimum Gasteiger partial charge on any atom is -0.491 e. The number of benzene rings is 1. The molecule has 0 unspecified atom stereocenters. The number of hydrogen-bond donors (Lipinski definition) is 0. The maximum absolute atomic E-state index is 10.5. The molecule has 0 aliphatic rings. The highest BCUT2D eigenvalue weighted by molar-refractivity contribution is 6.17. The zero-order valence-corrected chi connectivity index (χ0v) is 10.3. The second-order valence-corrected chi connectivity index (χ2v) is 3.73. The van der Waals surface area contributed by atoms with Gasteiger partial charge in [0.15, 0.2) is 0 Å². The SMILES string of the molecule is Cc1cc([N+](=O)[O-])ccc1OCCOCCCl. The van der Waals surface area contributed by atoms with E-state index in [1.54, 1.807) is 13.0 Å². The number of hydrogen-bond acceptors (Lipinski definition) is 4. The average Bonchev–Trinajstić information content (AvgIpc) is 2.30. The summed E-state index contributed by atoms with van der Waals surface area (Å²) in [5.41, 5.74) is 0.796. The molecule has 0 N–H and O–H groups in total. The van der Waals surface area contributed by atoms with Gasteiger partial charge in [-0.05, 0) is 18.6 Å². The quantitative estimate of drug-likeness (QED) is 0.327. The summed E-state index contributed by atoms with van der Waals surface area (Å²) in [6.45, 7) is 3.10. The summed E-state index contributed by atoms with van der Waals surface area (Å²) in [7, 11) is 0. The van der Waals surface area contributed by atoms with Crippen LogP contribution in [0.1, 0.15) is 5.56 Å². The summed E-state index contributed by atoms with van der Waals surface area (Å²) in [6, 6.07) is 4.49. The fraction of sp³-hybridized carbons (Fsp3) is 0.455. The number of rotatable bonds is 7. The molecule has 0 saturated carbocycles. The molecule has 6 heteroatoms. The largest absolute Gasteiger partial charge is 0.491 e. The molecule has 0 atom stereocenters. The normalized spacial score (nSPS) is 10.2. The van der Waals surface area contributed by atoms with Gasteiger partial charge < -0.3 is 9.47 Å². The van der Waals surface area contributed by atoms with Crippen LogP contribution in [0, 0.1) is 17.0 Å². The fourth-order valence-electron chi connectivity index (χ4n) is 1.28. The molecule has 1 aromatic carbocycles. The first-order valence-corrected chi connectivity index (χ1v) is 5.70. The van der Waals surface area contributed by atoms with E-state index >= 15 is 0 Å². The van der Waals surface area contributed by atoms with Crippen LogP contribution in [0.4, 0.5) is 5.69 Å². The van der Waals surface area contributed by atoms with E-state index in [4.69, 9.17) is 21.1 Å². The number of nitrogens with zero attached hydrogens (tertiary/aromatic N) is 1. The summed E-state index contributed by atoms with van der Waals surface area (Å²) in [6.07, 6.45) is 0. The Morgan fingerprint density at radius 1 is 1.35 bits per heavy atom. The highest BCUT2D eigenvalue weighted by Gasteiger charge is 2.08. The van der Waals surface area contributed by atoms with Crippen LogP contribution in [-0.2, 0) is 4.74 Å². The van der Waals surface area contributed by atoms with Crippen molar-refractivity contribution in [3.63, 3.8) is 0 Å². The molecule has 0 radical (unpaired) electrons. The van der Waals surface area contributed by atoms with Gasteiger partial charge >= 0.3 is 0 Å². The number of nitro benzene ring substituents is 1. The number of alkyl halides is 1. The first-order valence-electron chi connectivity index (χ1n) is 5.16. The van der Waals surface area contributed by atoms with Crippen molar-refractivity contribution in [2.75, 3.05) is 25.7 Å². The van der Waals surface area contributed by atoms with E-state index in [1.807, 2.05) is 0 Å². The van der Waals surface area contributed by atoms with Gasteiger partial charge in [0.05, 0.1) is 18.1 Å². The van der Waals surface area contributed by atoms with Crippen molar-refractivity contribution in [2.24, 2.45) is 0 Å². The highest BCUT2D eigenvalue weighted by Crippen LogP contribution is 2.22. The lowest BCUT2D eigenvalue weighted by Crippen LogP contribution is -2.08. The minimum absolute atomic E-state index is 0.0632. The monoisotopic (exact) mass is 259 g/mol. The van der Waals surface area contributed by atoms with Crippen LogP contribution in [0.2, 0.25) is 0 Å². The van der Waals surface area contributed by atoms with E-state index in [2.05, 4.69) is 0 Å². The van der Waals surface area contributed by atoms with E-state index in [1.165, 1.54) is 12.1 Å². The van der Waals surface area contributed by atoms with E-state index < -0.39 is 4.92 Å². The Kier molecular flexibility index (Phi) is 5.72. The fourth-order valence-corrected chi connectivity index (χ4v) is 1.39. The van der Waals surface area contributed by atoms with E-state index in [0.29, 0.717) is 31.5 Å². The Balaban J connectivity index is 2.46. The van der Waals surface area contributed by atoms with Crippen LogP contribution >= 0.6 is 11.6 Å². The summed E-state index contributed by atoms with van der Waals surface area (Å²) in [4.78, 5) is 10.1. The lowest BCUT2D eigenvalue weighted by atomic mass is 10.2. The molecule has 1 aromatic rings. The number of nitro groups is 1. The van der Waals surface area contributed by atoms with Crippen molar-refractivity contribution in [3.05, 3.63) is 33.9 Å². The Bertz CT molecular complexity index is 384. The van der Waals surface area contributed by atoms with E-state index in [9.17, 15) is 10.1 Å². The number of non-ortho nitro benzene ring substituents is 1. The minimum atomic E-state index is -0.430. The van der Waals surface area contributed by atoms with Crippen molar-refractivity contribution >= 4 is 17.3 Å². The van der Waals surface area contributed by atoms with Gasteiger partial charge in [-0.25, -0.2) is 0 Å². The summed E-state index contributed by atoms with van der Waals surface area (Å²) in [5.74, 6) is 1.08. The van der Waals surface area contributed by atoms with Crippen molar-refractivity contribution < 1.29 is 14.4 Å². The summed E-state index contributed by atoms with van der Waals surface area (Å²) >= 11 is 5.44. The molecule has 0 aliphatic carbocycles. The van der Waals surface area contributed by atoms with Crippen LogP contribution < -0.4 is 4.74 Å². The van der Waals surface area contributed by atoms with Crippen LogP contribution in [0.25, 0.3) is 0 Å². The van der Waals surface area contributed by atoms with Gasteiger partial charge in [-0.15, -0.1) is 11.6 Å². The molecule has 5 nitrogen and oxygen atoms in total. The van der Waals surface area contributed by atoms with Crippen molar-refractivity contribution in [1.29, 1.82) is 0 Å². The van der Waals surface area contributed by atoms with Gasteiger partial charge in [0.1, 0.15) is 12.4 Å². The molecule has 17 heavy (non-hydrogen) atoms. The lowest BCUT2D eigenvalue weighted by molar-refractivity contribution is -0.384. The zero-order valence-electron chi connectivity index (χ0n) is 9.52. The first-order chi connectivity index (χ1) is 8.15. The molecule has 0 aliphatic heterocycles. The van der Waals surface area contributed by atoms with Crippen LogP contribution in [0.3, 0.4) is 0 Å². The number of halogens is 1. The maximum Gasteiger partial charge on any atom is 0.269 e. The van der Waals surface area contributed by atoms with Gasteiger partial charge in [-0.3, -0.25) is 10.1 Å². The molecule has 0 saturated heterocycles. The Morgan fingerprint density at radius 3 is 2.71 bits per heavy atom.